The van der Waals surface area contributed by atoms with E-state index in [9.17, 15) is 19.7 Å². The predicted molar refractivity (Wildman–Crippen MR) is 114 cm³/mol. The van der Waals surface area contributed by atoms with E-state index in [4.69, 9.17) is 0 Å². The lowest BCUT2D eigenvalue weighted by Crippen LogP contribution is -2.13. The quantitative estimate of drug-likeness (QED) is 0.289. The lowest BCUT2D eigenvalue weighted by Gasteiger charge is -2.06. The van der Waals surface area contributed by atoms with E-state index in [1.807, 2.05) is 6.07 Å². The van der Waals surface area contributed by atoms with Crippen molar-refractivity contribution < 1.29 is 14.5 Å². The number of carbonyl (C=O) groups is 2. The smallest absolute Gasteiger partial charge is 0.276 e. The number of aromatic nitrogens is 2. The molecule has 31 heavy (non-hydrogen) atoms. The summed E-state index contributed by atoms with van der Waals surface area (Å²) in [6.45, 7) is 0. The van der Waals surface area contributed by atoms with Crippen LogP contribution in [0.5, 0.6) is 0 Å². The zero-order chi connectivity index (χ0) is 21.8. The van der Waals surface area contributed by atoms with Crippen molar-refractivity contribution in [1.82, 2.24) is 9.78 Å². The Hall–Kier alpha value is -4.59. The number of nitrogens with one attached hydrogen (secondary N) is 1. The molecule has 0 saturated carbocycles. The van der Waals surface area contributed by atoms with E-state index in [-0.39, 0.29) is 17.2 Å². The topological polar surface area (TPSA) is 107 Å². The largest absolute Gasteiger partial charge is 0.321 e. The number of benzene rings is 3. The van der Waals surface area contributed by atoms with Gasteiger partial charge in [-0.2, -0.15) is 5.10 Å². The highest BCUT2D eigenvalue weighted by molar-refractivity contribution is 6.10. The first-order valence-corrected chi connectivity index (χ1v) is 9.33. The number of nitrogens with zero attached hydrogens (tertiary/aromatic N) is 3. The van der Waals surface area contributed by atoms with E-state index in [2.05, 4.69) is 10.4 Å². The zero-order valence-electron chi connectivity index (χ0n) is 16.1. The first-order chi connectivity index (χ1) is 15.0. The molecule has 4 aromatic rings. The number of nitro benzene ring substituents is 1. The summed E-state index contributed by atoms with van der Waals surface area (Å²) in [6.07, 6.45) is 1.59. The van der Waals surface area contributed by atoms with Gasteiger partial charge in [0, 0.05) is 35.1 Å². The molecule has 1 N–H and O–H groups in total. The van der Waals surface area contributed by atoms with Crippen molar-refractivity contribution in [3.8, 4) is 5.69 Å². The zero-order valence-corrected chi connectivity index (χ0v) is 16.1. The van der Waals surface area contributed by atoms with Crippen molar-refractivity contribution in [3.05, 3.63) is 118 Å². The molecule has 1 aromatic heterocycles. The van der Waals surface area contributed by atoms with Gasteiger partial charge in [-0.3, -0.25) is 19.7 Å². The molecule has 0 aliphatic rings. The summed E-state index contributed by atoms with van der Waals surface area (Å²) in [7, 11) is 0. The van der Waals surface area contributed by atoms with E-state index >= 15 is 0 Å². The Bertz CT molecular complexity index is 1260. The number of ketones is 1. The minimum atomic E-state index is -0.484. The van der Waals surface area contributed by atoms with Gasteiger partial charge in [-0.25, -0.2) is 4.68 Å². The Labute approximate surface area is 176 Å². The molecule has 4 rings (SSSR count). The molecular formula is C23H16N4O4. The number of non-ortho nitro benzene ring substituents is 1. The Kier molecular flexibility index (Phi) is 5.35. The van der Waals surface area contributed by atoms with Gasteiger partial charge in [-0.05, 0) is 30.3 Å². The van der Waals surface area contributed by atoms with E-state index in [1.54, 1.807) is 66.9 Å². The second kappa shape index (κ2) is 8.42. The maximum atomic E-state index is 12.6. The fraction of sp³-hybridized carbons (Fsp3) is 0. The summed E-state index contributed by atoms with van der Waals surface area (Å²) in [5, 5.41) is 17.7. The van der Waals surface area contributed by atoms with Gasteiger partial charge in [0.25, 0.3) is 11.6 Å². The van der Waals surface area contributed by atoms with Crippen LogP contribution in [0.3, 0.4) is 0 Å². The van der Waals surface area contributed by atoms with Gasteiger partial charge < -0.3 is 5.32 Å². The van der Waals surface area contributed by atoms with Gasteiger partial charge >= 0.3 is 0 Å². The van der Waals surface area contributed by atoms with Crippen LogP contribution in [0, 0.1) is 10.1 Å². The van der Waals surface area contributed by atoms with Crippen LogP contribution in [0.2, 0.25) is 0 Å². The average Bonchev–Trinajstić information content (AvgIpc) is 3.30. The maximum absolute atomic E-state index is 12.6. The highest BCUT2D eigenvalue weighted by Crippen LogP contribution is 2.17. The van der Waals surface area contributed by atoms with Gasteiger partial charge in [0.2, 0.25) is 0 Å². The summed E-state index contributed by atoms with van der Waals surface area (Å²) >= 11 is 0. The van der Waals surface area contributed by atoms with E-state index in [0.717, 1.165) is 0 Å². The third kappa shape index (κ3) is 4.38. The fourth-order valence-electron chi connectivity index (χ4n) is 3.01. The number of nitro groups is 1. The molecule has 0 aliphatic heterocycles. The summed E-state index contributed by atoms with van der Waals surface area (Å²) in [4.78, 5) is 35.5. The van der Waals surface area contributed by atoms with Gasteiger partial charge in [-0.15, -0.1) is 0 Å². The van der Waals surface area contributed by atoms with E-state index in [1.165, 1.54) is 22.9 Å². The molecule has 0 fully saturated rings. The Morgan fingerprint density at radius 3 is 2.29 bits per heavy atom. The minimum absolute atomic E-state index is 0.0289. The molecule has 0 spiro atoms. The van der Waals surface area contributed by atoms with Crippen LogP contribution in [0.1, 0.15) is 26.4 Å². The molecular weight excluding hydrogens is 396 g/mol. The molecule has 0 saturated heterocycles. The Morgan fingerprint density at radius 1 is 0.871 bits per heavy atom. The highest BCUT2D eigenvalue weighted by Gasteiger charge is 2.14. The van der Waals surface area contributed by atoms with Gasteiger partial charge in [0.15, 0.2) is 11.5 Å². The molecule has 3 aromatic carbocycles. The highest BCUT2D eigenvalue weighted by atomic mass is 16.6. The van der Waals surface area contributed by atoms with Gasteiger partial charge in [0.05, 0.1) is 10.6 Å². The van der Waals surface area contributed by atoms with Crippen molar-refractivity contribution >= 4 is 23.1 Å². The van der Waals surface area contributed by atoms with Crippen molar-refractivity contribution in [2.45, 2.75) is 0 Å². The number of amides is 1. The first-order valence-electron chi connectivity index (χ1n) is 9.33. The van der Waals surface area contributed by atoms with Crippen LogP contribution in [0.25, 0.3) is 5.69 Å². The Morgan fingerprint density at radius 2 is 1.58 bits per heavy atom. The van der Waals surface area contributed by atoms with Crippen LogP contribution >= 0.6 is 0 Å². The summed E-state index contributed by atoms with van der Waals surface area (Å²) in [5.41, 5.74) is 2.21. The molecule has 8 nitrogen and oxygen atoms in total. The maximum Gasteiger partial charge on any atom is 0.276 e. The van der Waals surface area contributed by atoms with Crippen LogP contribution in [-0.2, 0) is 0 Å². The summed E-state index contributed by atoms with van der Waals surface area (Å²) in [6, 6.07) is 22.9. The molecule has 8 heteroatoms. The van der Waals surface area contributed by atoms with Crippen LogP contribution in [0.15, 0.2) is 91.1 Å². The Balaban J connectivity index is 1.49. The van der Waals surface area contributed by atoms with Crippen molar-refractivity contribution in [1.29, 1.82) is 0 Å². The predicted octanol–water partition coefficient (Wildman–Crippen LogP) is 4.26. The molecule has 0 bridgehead atoms. The van der Waals surface area contributed by atoms with Gasteiger partial charge in [-0.1, -0.05) is 42.5 Å². The number of hydrogen-bond acceptors (Lipinski definition) is 5. The van der Waals surface area contributed by atoms with Crippen LogP contribution < -0.4 is 5.32 Å². The molecule has 0 aliphatic carbocycles. The standard InChI is InChI=1S/C23H16N4O4/c28-22(16-5-2-1-3-6-16)17-7-4-8-18(15-17)24-23(29)21-13-14-26(25-21)19-9-11-20(12-10-19)27(30)31/h1-15H,(H,24,29). The fourth-order valence-corrected chi connectivity index (χ4v) is 3.01. The lowest BCUT2D eigenvalue weighted by molar-refractivity contribution is -0.384. The van der Waals surface area contributed by atoms with E-state index < -0.39 is 10.8 Å². The third-order valence-corrected chi connectivity index (χ3v) is 4.57. The molecule has 0 radical (unpaired) electrons. The van der Waals surface area contributed by atoms with Crippen molar-refractivity contribution in [3.63, 3.8) is 0 Å². The third-order valence-electron chi connectivity index (χ3n) is 4.57. The van der Waals surface area contributed by atoms with E-state index in [0.29, 0.717) is 22.5 Å². The molecule has 0 atom stereocenters. The second-order valence-electron chi connectivity index (χ2n) is 6.65. The second-order valence-corrected chi connectivity index (χ2v) is 6.65. The van der Waals surface area contributed by atoms with Crippen molar-refractivity contribution in [2.75, 3.05) is 5.32 Å². The number of anilines is 1. The van der Waals surface area contributed by atoms with Crippen LogP contribution in [-0.4, -0.2) is 26.4 Å². The minimum Gasteiger partial charge on any atom is -0.321 e. The number of carbonyl (C=O) groups excluding carboxylic acids is 2. The molecule has 1 heterocycles. The number of rotatable bonds is 6. The lowest BCUT2D eigenvalue weighted by atomic mass is 10.0. The first kappa shape index (κ1) is 19.7. The SMILES string of the molecule is O=C(c1ccccc1)c1cccc(NC(=O)c2ccn(-c3ccc([N+](=O)[O-])cc3)n2)c1. The molecule has 1 amide bonds. The normalized spacial score (nSPS) is 10.5. The molecule has 152 valence electrons. The van der Waals surface area contributed by atoms with Gasteiger partial charge in [0.1, 0.15) is 0 Å². The van der Waals surface area contributed by atoms with Crippen LogP contribution in [0.4, 0.5) is 11.4 Å². The summed E-state index contributed by atoms with van der Waals surface area (Å²) in [5.74, 6) is -0.580. The average molecular weight is 412 g/mol. The van der Waals surface area contributed by atoms with Crippen molar-refractivity contribution in [2.24, 2.45) is 0 Å². The number of hydrogen-bond donors (Lipinski definition) is 1. The monoisotopic (exact) mass is 412 g/mol. The molecule has 0 unspecified atom stereocenters. The summed E-state index contributed by atoms with van der Waals surface area (Å²) < 4.78 is 1.45.